The first-order valence-corrected chi connectivity index (χ1v) is 6.71. The molecule has 3 heterocycles. The van der Waals surface area contributed by atoms with Gasteiger partial charge in [-0.25, -0.2) is 9.97 Å². The molecule has 1 fully saturated rings. The maximum Gasteiger partial charge on any atom is 0.284 e. The molecule has 1 amide bonds. The minimum absolute atomic E-state index is 0.0653. The summed E-state index contributed by atoms with van der Waals surface area (Å²) in [5.74, 6) is 0.725. The summed E-state index contributed by atoms with van der Waals surface area (Å²) in [6, 6.07) is 1.51. The lowest BCUT2D eigenvalue weighted by molar-refractivity contribution is 0.0976. The molecule has 20 heavy (non-hydrogen) atoms. The summed E-state index contributed by atoms with van der Waals surface area (Å²) in [6.07, 6.45) is 0. The predicted molar refractivity (Wildman–Crippen MR) is 72.9 cm³/mol. The normalized spacial score (nSPS) is 15.8. The number of anilines is 1. The Morgan fingerprint density at radius 1 is 1.40 bits per heavy atom. The highest BCUT2D eigenvalue weighted by Gasteiger charge is 2.21. The van der Waals surface area contributed by atoms with E-state index in [4.69, 9.17) is 26.5 Å². The standard InChI is InChI=1S/C12H13ClN4O3/c13-6-9-15-7-5-8(11(14)18)20-10(7)12(16-9)17-1-3-19-4-2-17/h5H,1-4,6H2,(H2,14,18). The van der Waals surface area contributed by atoms with Gasteiger partial charge in [-0.3, -0.25) is 4.79 Å². The maximum absolute atomic E-state index is 11.2. The number of fused-ring (bicyclic) bond motifs is 1. The Morgan fingerprint density at radius 3 is 2.80 bits per heavy atom. The van der Waals surface area contributed by atoms with Gasteiger partial charge in [-0.2, -0.15) is 0 Å². The molecule has 0 saturated carbocycles. The Balaban J connectivity index is 2.14. The number of alkyl halides is 1. The largest absolute Gasteiger partial charge is 0.445 e. The van der Waals surface area contributed by atoms with Gasteiger partial charge in [-0.15, -0.1) is 11.6 Å². The molecule has 2 N–H and O–H groups in total. The van der Waals surface area contributed by atoms with Gasteiger partial charge < -0.3 is 19.8 Å². The fourth-order valence-electron chi connectivity index (χ4n) is 2.13. The number of aromatic nitrogens is 2. The number of halogens is 1. The van der Waals surface area contributed by atoms with Crippen molar-refractivity contribution in [3.8, 4) is 0 Å². The smallest absolute Gasteiger partial charge is 0.284 e. The highest BCUT2D eigenvalue weighted by Crippen LogP contribution is 2.28. The van der Waals surface area contributed by atoms with Crippen LogP contribution in [0.3, 0.4) is 0 Å². The van der Waals surface area contributed by atoms with Gasteiger partial charge in [0, 0.05) is 19.2 Å². The molecule has 0 radical (unpaired) electrons. The van der Waals surface area contributed by atoms with Gasteiger partial charge >= 0.3 is 0 Å². The number of nitrogens with two attached hydrogens (primary N) is 1. The van der Waals surface area contributed by atoms with Crippen LogP contribution in [-0.2, 0) is 10.6 Å². The number of carbonyl (C=O) groups excluding carboxylic acids is 1. The van der Waals surface area contributed by atoms with Gasteiger partial charge in [0.2, 0.25) is 0 Å². The zero-order valence-corrected chi connectivity index (χ0v) is 11.4. The van der Waals surface area contributed by atoms with Crippen LogP contribution in [0.2, 0.25) is 0 Å². The van der Waals surface area contributed by atoms with E-state index in [2.05, 4.69) is 9.97 Å². The quantitative estimate of drug-likeness (QED) is 0.846. The van der Waals surface area contributed by atoms with Crippen LogP contribution in [0, 0.1) is 0 Å². The fraction of sp³-hybridized carbons (Fsp3) is 0.417. The van der Waals surface area contributed by atoms with Gasteiger partial charge in [0.25, 0.3) is 5.91 Å². The summed E-state index contributed by atoms with van der Waals surface area (Å²) < 4.78 is 10.8. The summed E-state index contributed by atoms with van der Waals surface area (Å²) >= 11 is 5.82. The average molecular weight is 297 g/mol. The molecule has 0 aromatic carbocycles. The lowest BCUT2D eigenvalue weighted by Crippen LogP contribution is -2.37. The number of furan rings is 1. The minimum atomic E-state index is -0.636. The second kappa shape index (κ2) is 5.26. The number of primary amides is 1. The molecule has 3 rings (SSSR count). The Hall–Kier alpha value is -1.86. The predicted octanol–water partition coefficient (Wildman–Crippen LogP) is 0.897. The van der Waals surface area contributed by atoms with Crippen LogP contribution in [0.1, 0.15) is 16.4 Å². The number of nitrogens with zero attached hydrogens (tertiary/aromatic N) is 3. The van der Waals surface area contributed by atoms with Crippen molar-refractivity contribution in [1.82, 2.24) is 9.97 Å². The highest BCUT2D eigenvalue weighted by molar-refractivity contribution is 6.16. The van der Waals surface area contributed by atoms with Crippen molar-refractivity contribution in [3.05, 3.63) is 17.7 Å². The van der Waals surface area contributed by atoms with Crippen molar-refractivity contribution in [1.29, 1.82) is 0 Å². The molecular formula is C12H13ClN4O3. The van der Waals surface area contributed by atoms with Gasteiger partial charge in [-0.1, -0.05) is 0 Å². The second-order valence-electron chi connectivity index (χ2n) is 4.39. The third kappa shape index (κ3) is 2.30. The van der Waals surface area contributed by atoms with E-state index in [1.54, 1.807) is 0 Å². The van der Waals surface area contributed by atoms with E-state index in [1.807, 2.05) is 4.90 Å². The van der Waals surface area contributed by atoms with E-state index in [1.165, 1.54) is 6.07 Å². The highest BCUT2D eigenvalue weighted by atomic mass is 35.5. The summed E-state index contributed by atoms with van der Waals surface area (Å²) in [6.45, 7) is 2.62. The molecular weight excluding hydrogens is 284 g/mol. The Morgan fingerprint density at radius 2 is 2.15 bits per heavy atom. The van der Waals surface area contributed by atoms with Crippen LogP contribution in [0.25, 0.3) is 11.1 Å². The molecule has 1 aliphatic rings. The number of morpholine rings is 1. The fourth-order valence-corrected chi connectivity index (χ4v) is 2.25. The SMILES string of the molecule is NC(=O)c1cc2nc(CCl)nc(N3CCOCC3)c2o1. The number of rotatable bonds is 3. The molecule has 2 aromatic rings. The van der Waals surface area contributed by atoms with Crippen LogP contribution < -0.4 is 10.6 Å². The molecule has 0 spiro atoms. The molecule has 0 aliphatic carbocycles. The molecule has 7 nitrogen and oxygen atoms in total. The minimum Gasteiger partial charge on any atom is -0.445 e. The molecule has 0 atom stereocenters. The van der Waals surface area contributed by atoms with Gasteiger partial charge in [-0.05, 0) is 0 Å². The first kappa shape index (κ1) is 13.1. The lowest BCUT2D eigenvalue weighted by Gasteiger charge is -2.27. The van der Waals surface area contributed by atoms with E-state index in [0.29, 0.717) is 49.0 Å². The first-order chi connectivity index (χ1) is 9.69. The van der Waals surface area contributed by atoms with Crippen LogP contribution in [-0.4, -0.2) is 42.2 Å². The van der Waals surface area contributed by atoms with Crippen molar-refractivity contribution in [2.24, 2.45) is 5.73 Å². The number of ether oxygens (including phenoxy) is 1. The summed E-state index contributed by atoms with van der Waals surface area (Å²) in [4.78, 5) is 21.9. The first-order valence-electron chi connectivity index (χ1n) is 6.18. The van der Waals surface area contributed by atoms with Crippen LogP contribution in [0.4, 0.5) is 5.82 Å². The van der Waals surface area contributed by atoms with Crippen molar-refractivity contribution in [3.63, 3.8) is 0 Å². The van der Waals surface area contributed by atoms with Crippen LogP contribution in [0.15, 0.2) is 10.5 Å². The monoisotopic (exact) mass is 296 g/mol. The Bertz CT molecular complexity index is 651. The zero-order valence-electron chi connectivity index (χ0n) is 10.6. The summed E-state index contributed by atoms with van der Waals surface area (Å²) in [7, 11) is 0. The molecule has 2 aromatic heterocycles. The number of hydrogen-bond donors (Lipinski definition) is 1. The van der Waals surface area contributed by atoms with Crippen molar-refractivity contribution < 1.29 is 13.9 Å². The number of carbonyl (C=O) groups is 1. The topological polar surface area (TPSA) is 94.5 Å². The summed E-state index contributed by atoms with van der Waals surface area (Å²) in [5.41, 5.74) is 6.22. The van der Waals surface area contributed by atoms with Crippen molar-refractivity contribution >= 4 is 34.4 Å². The third-order valence-electron chi connectivity index (χ3n) is 3.07. The zero-order chi connectivity index (χ0) is 14.1. The van der Waals surface area contributed by atoms with E-state index in [0.717, 1.165) is 0 Å². The van der Waals surface area contributed by atoms with Gasteiger partial charge in [0.15, 0.2) is 17.2 Å². The Labute approximate surface area is 119 Å². The van der Waals surface area contributed by atoms with E-state index < -0.39 is 5.91 Å². The van der Waals surface area contributed by atoms with E-state index >= 15 is 0 Å². The second-order valence-corrected chi connectivity index (χ2v) is 4.65. The Kier molecular flexibility index (Phi) is 3.45. The third-order valence-corrected chi connectivity index (χ3v) is 3.31. The molecule has 0 unspecified atom stereocenters. The lowest BCUT2D eigenvalue weighted by atomic mass is 10.3. The molecule has 0 bridgehead atoms. The van der Waals surface area contributed by atoms with Gasteiger partial charge in [0.05, 0.1) is 19.1 Å². The maximum atomic E-state index is 11.2. The molecule has 1 saturated heterocycles. The molecule has 8 heteroatoms. The van der Waals surface area contributed by atoms with E-state index in [9.17, 15) is 4.79 Å². The average Bonchev–Trinajstić information content (AvgIpc) is 2.91. The van der Waals surface area contributed by atoms with Crippen LogP contribution in [0.5, 0.6) is 0 Å². The number of amides is 1. The van der Waals surface area contributed by atoms with Crippen LogP contribution >= 0.6 is 11.6 Å². The summed E-state index contributed by atoms with van der Waals surface area (Å²) in [5, 5.41) is 0. The number of hydrogen-bond acceptors (Lipinski definition) is 6. The van der Waals surface area contributed by atoms with Gasteiger partial charge in [0.1, 0.15) is 11.3 Å². The van der Waals surface area contributed by atoms with Crippen molar-refractivity contribution in [2.75, 3.05) is 31.2 Å². The van der Waals surface area contributed by atoms with E-state index in [-0.39, 0.29) is 11.6 Å². The molecule has 1 aliphatic heterocycles. The van der Waals surface area contributed by atoms with Crippen molar-refractivity contribution in [2.45, 2.75) is 5.88 Å². The molecule has 106 valence electrons.